The van der Waals surface area contributed by atoms with Gasteiger partial charge in [-0.1, -0.05) is 35.3 Å². The number of likely N-dealkylation sites (N-methyl/N-ethyl adjacent to an activating group) is 1. The maximum absolute atomic E-state index is 10.7. The summed E-state index contributed by atoms with van der Waals surface area (Å²) >= 11 is 10.8. The Hall–Kier alpha value is -1.40. The molecule has 0 saturated carbocycles. The summed E-state index contributed by atoms with van der Waals surface area (Å²) in [6.45, 7) is 0. The minimum absolute atomic E-state index is 0. The average molecular weight is 338 g/mol. The highest BCUT2D eigenvalue weighted by atomic mass is 35.5. The van der Waals surface area contributed by atoms with Crippen molar-refractivity contribution in [1.29, 1.82) is 0 Å². The van der Waals surface area contributed by atoms with E-state index in [2.05, 4.69) is 0 Å². The van der Waals surface area contributed by atoms with Crippen LogP contribution in [0.15, 0.2) is 35.4 Å². The van der Waals surface area contributed by atoms with Crippen LogP contribution < -0.4 is 22.4 Å². The maximum atomic E-state index is 10.7. The fourth-order valence-corrected chi connectivity index (χ4v) is 1.53. The van der Waals surface area contributed by atoms with E-state index in [0.29, 0.717) is 5.02 Å². The van der Waals surface area contributed by atoms with Crippen LogP contribution in [0, 0.1) is 0 Å². The summed E-state index contributed by atoms with van der Waals surface area (Å²) in [7, 11) is 1.47. The molecule has 1 aliphatic rings. The van der Waals surface area contributed by atoms with Crippen LogP contribution in [0.2, 0.25) is 5.02 Å². The number of carboxylic acid groups (broad SMARTS) is 1. The lowest BCUT2D eigenvalue weighted by molar-refractivity contribution is -0.705. The van der Waals surface area contributed by atoms with Gasteiger partial charge in [0.1, 0.15) is 0 Å². The van der Waals surface area contributed by atoms with Crippen molar-refractivity contribution >= 4 is 41.0 Å². The molecule has 0 bridgehead atoms. The molecule has 0 saturated heterocycles. The summed E-state index contributed by atoms with van der Waals surface area (Å²) in [5.41, 5.74) is 0.143. The molecule has 1 aromatic rings. The first-order valence-electron chi connectivity index (χ1n) is 5.09. The Morgan fingerprint density at radius 2 is 1.65 bits per heavy atom. The first kappa shape index (κ1) is 18.6. The number of rotatable bonds is 1. The number of hydrogen-bond donors (Lipinski definition) is 1. The molecule has 2 amide bonds. The fourth-order valence-electron chi connectivity index (χ4n) is 1.17. The van der Waals surface area contributed by atoms with Crippen molar-refractivity contribution < 1.29 is 36.8 Å². The zero-order valence-corrected chi connectivity index (χ0v) is 12.4. The van der Waals surface area contributed by atoms with Gasteiger partial charge in [-0.15, -0.1) is 0 Å². The summed E-state index contributed by atoms with van der Waals surface area (Å²) < 4.78 is 0. The number of amides is 2. The first-order valence-corrected chi connectivity index (χ1v) is 5.85. The SMILES string of the molecule is C[NH+]1C(=O)C=C(Cl)C1=O.O=C([O-])c1ccc(Cl)cc1.[Cl-]. The Kier molecular flexibility index (Phi) is 7.45. The molecule has 5 nitrogen and oxygen atoms in total. The van der Waals surface area contributed by atoms with Gasteiger partial charge in [0, 0.05) is 5.02 Å². The van der Waals surface area contributed by atoms with Crippen molar-refractivity contribution in [3.05, 3.63) is 46.0 Å². The highest BCUT2D eigenvalue weighted by molar-refractivity contribution is 6.43. The van der Waals surface area contributed by atoms with Gasteiger partial charge in [0.2, 0.25) is 0 Å². The van der Waals surface area contributed by atoms with E-state index in [4.69, 9.17) is 23.2 Å². The van der Waals surface area contributed by atoms with Gasteiger partial charge in [-0.2, -0.15) is 0 Å². The Morgan fingerprint density at radius 1 is 1.15 bits per heavy atom. The monoisotopic (exact) mass is 336 g/mol. The van der Waals surface area contributed by atoms with Crippen LogP contribution in [0.4, 0.5) is 0 Å². The zero-order valence-electron chi connectivity index (χ0n) is 10.2. The van der Waals surface area contributed by atoms with Crippen LogP contribution in [0.5, 0.6) is 0 Å². The smallest absolute Gasteiger partial charge is 0.363 e. The number of nitrogens with one attached hydrogen (secondary N) is 1. The Bertz CT molecular complexity index is 554. The molecule has 2 rings (SSSR count). The minimum atomic E-state index is -1.18. The third-order valence-corrected chi connectivity index (χ3v) is 2.80. The second kappa shape index (κ2) is 8.01. The van der Waals surface area contributed by atoms with E-state index in [9.17, 15) is 19.5 Å². The van der Waals surface area contributed by atoms with E-state index in [-0.39, 0.29) is 39.7 Å². The summed E-state index contributed by atoms with van der Waals surface area (Å²) in [6, 6.07) is 5.81. The third kappa shape index (κ3) is 4.94. The van der Waals surface area contributed by atoms with Crippen LogP contribution in [0.1, 0.15) is 10.4 Å². The van der Waals surface area contributed by atoms with Crippen molar-refractivity contribution in [3.8, 4) is 0 Å². The number of carboxylic acids is 1. The fraction of sp³-hybridized carbons (Fsp3) is 0.0833. The Morgan fingerprint density at radius 3 is 1.90 bits per heavy atom. The summed E-state index contributed by atoms with van der Waals surface area (Å²) in [4.78, 5) is 31.6. The molecular weight excluding hydrogens is 328 g/mol. The van der Waals surface area contributed by atoms with E-state index >= 15 is 0 Å². The van der Waals surface area contributed by atoms with Crippen LogP contribution in [-0.2, 0) is 9.59 Å². The second-order valence-electron chi connectivity index (χ2n) is 3.61. The number of aromatic carboxylic acids is 1. The summed E-state index contributed by atoms with van der Waals surface area (Å²) in [6.07, 6.45) is 1.14. The molecule has 1 N–H and O–H groups in total. The minimum Gasteiger partial charge on any atom is -1.00 e. The van der Waals surface area contributed by atoms with E-state index in [1.165, 1.54) is 31.3 Å². The van der Waals surface area contributed by atoms with Gasteiger partial charge in [-0.25, -0.2) is 14.5 Å². The number of imide groups is 1. The number of benzene rings is 1. The molecule has 0 aromatic heterocycles. The van der Waals surface area contributed by atoms with E-state index in [0.717, 1.165) is 6.08 Å². The molecule has 1 aliphatic heterocycles. The molecule has 1 atom stereocenters. The second-order valence-corrected chi connectivity index (χ2v) is 4.45. The maximum Gasteiger partial charge on any atom is 0.363 e. The lowest BCUT2D eigenvalue weighted by atomic mass is 10.2. The number of quaternary nitrogens is 1. The highest BCUT2D eigenvalue weighted by Gasteiger charge is 2.32. The first-order chi connectivity index (χ1) is 8.82. The topological polar surface area (TPSA) is 78.7 Å². The molecule has 1 heterocycles. The third-order valence-electron chi connectivity index (χ3n) is 2.26. The van der Waals surface area contributed by atoms with Crippen molar-refractivity contribution in [2.45, 2.75) is 0 Å². The molecule has 108 valence electrons. The average Bonchev–Trinajstić information content (AvgIpc) is 2.58. The molecular formula is C12H9Cl3NO4-. The van der Waals surface area contributed by atoms with Gasteiger partial charge in [0.05, 0.1) is 19.1 Å². The predicted octanol–water partition coefficient (Wildman–Crippen LogP) is -3.60. The van der Waals surface area contributed by atoms with Crippen LogP contribution in [0.25, 0.3) is 0 Å². The van der Waals surface area contributed by atoms with Crippen LogP contribution in [0.3, 0.4) is 0 Å². The van der Waals surface area contributed by atoms with E-state index < -0.39 is 5.97 Å². The lowest BCUT2D eigenvalue weighted by Gasteiger charge is -1.99. The number of halogens is 3. The van der Waals surface area contributed by atoms with Crippen LogP contribution in [-0.4, -0.2) is 24.8 Å². The largest absolute Gasteiger partial charge is 1.00 e. The predicted molar refractivity (Wildman–Crippen MR) is 66.6 cm³/mol. The number of carbonyl (C=O) groups excluding carboxylic acids is 3. The van der Waals surface area contributed by atoms with Crippen molar-refractivity contribution in [2.24, 2.45) is 0 Å². The molecule has 1 aromatic carbocycles. The van der Waals surface area contributed by atoms with Gasteiger partial charge in [0.25, 0.3) is 0 Å². The molecule has 0 spiro atoms. The van der Waals surface area contributed by atoms with Gasteiger partial charge in [0.15, 0.2) is 5.03 Å². The van der Waals surface area contributed by atoms with Gasteiger partial charge in [-0.3, -0.25) is 0 Å². The van der Waals surface area contributed by atoms with Crippen molar-refractivity contribution in [1.82, 2.24) is 0 Å². The van der Waals surface area contributed by atoms with Gasteiger partial charge in [-0.05, 0) is 17.7 Å². The normalized spacial score (nSPS) is 16.8. The summed E-state index contributed by atoms with van der Waals surface area (Å²) in [5, 5.41) is 10.7. The molecule has 0 radical (unpaired) electrons. The quantitative estimate of drug-likeness (QED) is 0.537. The molecule has 8 heteroatoms. The van der Waals surface area contributed by atoms with Crippen molar-refractivity contribution in [2.75, 3.05) is 7.05 Å². The number of carbonyl (C=O) groups is 3. The Labute approximate surface area is 131 Å². The van der Waals surface area contributed by atoms with E-state index in [1.54, 1.807) is 0 Å². The van der Waals surface area contributed by atoms with E-state index in [1.807, 2.05) is 0 Å². The Balaban J connectivity index is 0.000000345. The molecule has 1 unspecified atom stereocenters. The number of hydrogen-bond acceptors (Lipinski definition) is 4. The van der Waals surface area contributed by atoms with Gasteiger partial charge < -0.3 is 22.3 Å². The van der Waals surface area contributed by atoms with Crippen LogP contribution >= 0.6 is 23.2 Å². The molecule has 0 fully saturated rings. The highest BCUT2D eigenvalue weighted by Crippen LogP contribution is 2.08. The van der Waals surface area contributed by atoms with Gasteiger partial charge >= 0.3 is 11.8 Å². The molecule has 0 aliphatic carbocycles. The lowest BCUT2D eigenvalue weighted by Crippen LogP contribution is -3.12. The zero-order chi connectivity index (χ0) is 14.6. The van der Waals surface area contributed by atoms with Crippen molar-refractivity contribution in [3.63, 3.8) is 0 Å². The molecule has 20 heavy (non-hydrogen) atoms. The standard InChI is InChI=1S/C7H5ClO2.C5H4ClNO2.ClH/c8-6-3-1-5(2-4-6)7(9)10;1-7-4(8)2-3(6)5(7)9;/h1-4H,(H,9,10);2H,1H3;1H/p-1. The summed E-state index contributed by atoms with van der Waals surface area (Å²) in [5.74, 6) is -1.80.